The lowest BCUT2D eigenvalue weighted by Crippen LogP contribution is -2.50. The molecule has 3 rings (SSSR count). The Balaban J connectivity index is 1.35. The maximum Gasteiger partial charge on any atom is 0.407 e. The van der Waals surface area contributed by atoms with Crippen LogP contribution in [0.3, 0.4) is 0 Å². The van der Waals surface area contributed by atoms with E-state index in [9.17, 15) is 39.3 Å². The Morgan fingerprint density at radius 3 is 1.50 bits per heavy atom. The molecule has 5 N–H and O–H groups in total. The number of carbonyl (C=O) groups is 5. The fourth-order valence-corrected chi connectivity index (χ4v) is 7.41. The molecule has 2 amide bonds. The lowest BCUT2D eigenvalue weighted by molar-refractivity contribution is -0.140. The predicted molar refractivity (Wildman–Crippen MR) is 208 cm³/mol. The number of rotatable bonds is 21. The molecule has 1 saturated carbocycles. The third kappa shape index (κ3) is 19.7. The van der Waals surface area contributed by atoms with Gasteiger partial charge in [-0.1, -0.05) is 12.2 Å². The summed E-state index contributed by atoms with van der Waals surface area (Å²) >= 11 is 0. The highest BCUT2D eigenvalue weighted by atomic mass is 16.6. The van der Waals surface area contributed by atoms with Gasteiger partial charge in [-0.05, 0) is 84.0 Å². The monoisotopic (exact) mass is 796 g/mol. The summed E-state index contributed by atoms with van der Waals surface area (Å²) in [5, 5.41) is 34.0. The van der Waals surface area contributed by atoms with Gasteiger partial charge in [0.05, 0.1) is 57.2 Å². The summed E-state index contributed by atoms with van der Waals surface area (Å²) in [6.07, 6.45) is 9.86. The van der Waals surface area contributed by atoms with Crippen LogP contribution in [0.4, 0.5) is 4.79 Å². The number of nitrogens with zero attached hydrogens (tertiary/aromatic N) is 4. The van der Waals surface area contributed by atoms with E-state index in [1.165, 1.54) is 12.8 Å². The Morgan fingerprint density at radius 2 is 1.04 bits per heavy atom. The van der Waals surface area contributed by atoms with Gasteiger partial charge in [-0.25, -0.2) is 4.79 Å². The number of fused-ring (bicyclic) bond motifs is 1. The second-order valence-corrected chi connectivity index (χ2v) is 16.5. The number of alkyl carbamates (subject to hydrolysis) is 1. The van der Waals surface area contributed by atoms with E-state index in [1.807, 2.05) is 32.6 Å². The predicted octanol–water partition coefficient (Wildman–Crippen LogP) is 1.67. The standard InChI is InChI=1S/C39H68N6O11/c1-38(2,55-23-12-39(3,4)56-24-14-41-37(53)54-29-32-30-9-7-5-6-8-10-31(30)32)11-13-40-33(46)25-42-15-17-43(26-34(47)48)19-21-45(28-36(51)52)22-20-44(18-16-42)27-35(49)50/h5-6,30-32H,7-29H2,1-4H3,(H,40,46)(H,41,53)(H,47,48)(H,49,50)(H,51,52)/b6-5+/t30-,31+,32-. The summed E-state index contributed by atoms with van der Waals surface area (Å²) in [5.41, 5.74) is -1.01. The van der Waals surface area contributed by atoms with E-state index in [2.05, 4.69) is 22.8 Å². The molecule has 0 aromatic carbocycles. The summed E-state index contributed by atoms with van der Waals surface area (Å²) < 4.78 is 17.7. The van der Waals surface area contributed by atoms with Crippen molar-refractivity contribution in [3.05, 3.63) is 12.2 Å². The van der Waals surface area contributed by atoms with Crippen LogP contribution >= 0.6 is 0 Å². The first-order valence-corrected chi connectivity index (χ1v) is 20.2. The van der Waals surface area contributed by atoms with Crippen molar-refractivity contribution in [3.63, 3.8) is 0 Å². The van der Waals surface area contributed by atoms with Gasteiger partial charge in [-0.3, -0.25) is 38.8 Å². The first-order valence-electron chi connectivity index (χ1n) is 20.2. The van der Waals surface area contributed by atoms with Gasteiger partial charge in [0.15, 0.2) is 0 Å². The van der Waals surface area contributed by atoms with E-state index >= 15 is 0 Å². The Kier molecular flexibility index (Phi) is 20.0. The number of carboxylic acid groups (broad SMARTS) is 3. The van der Waals surface area contributed by atoms with Crippen LogP contribution in [-0.2, 0) is 33.4 Å². The van der Waals surface area contributed by atoms with Crippen molar-refractivity contribution in [1.29, 1.82) is 0 Å². The molecule has 0 aromatic heterocycles. The van der Waals surface area contributed by atoms with Gasteiger partial charge in [0, 0.05) is 65.4 Å². The molecule has 0 aromatic rings. The van der Waals surface area contributed by atoms with Crippen LogP contribution in [0.25, 0.3) is 0 Å². The summed E-state index contributed by atoms with van der Waals surface area (Å²) in [6.45, 7) is 11.8. The van der Waals surface area contributed by atoms with Crippen molar-refractivity contribution in [2.75, 3.05) is 111 Å². The summed E-state index contributed by atoms with van der Waals surface area (Å²) in [6, 6.07) is 0. The van der Waals surface area contributed by atoms with Gasteiger partial charge in [-0.2, -0.15) is 0 Å². The van der Waals surface area contributed by atoms with Crippen LogP contribution < -0.4 is 10.6 Å². The number of carbonyl (C=O) groups excluding carboxylic acids is 2. The topological polar surface area (TPSA) is 211 Å². The molecule has 2 aliphatic carbocycles. The molecule has 0 spiro atoms. The van der Waals surface area contributed by atoms with E-state index in [1.54, 1.807) is 14.7 Å². The van der Waals surface area contributed by atoms with E-state index in [4.69, 9.17) is 14.2 Å². The summed E-state index contributed by atoms with van der Waals surface area (Å²) in [4.78, 5) is 66.8. The molecular formula is C39H68N6O11. The molecule has 0 radical (unpaired) electrons. The molecule has 3 atom stereocenters. The van der Waals surface area contributed by atoms with E-state index in [0.29, 0.717) is 116 Å². The number of carboxylic acids is 3. The number of aliphatic carboxylic acids is 3. The zero-order chi connectivity index (χ0) is 41.1. The zero-order valence-corrected chi connectivity index (χ0v) is 34.0. The summed E-state index contributed by atoms with van der Waals surface area (Å²) in [5.74, 6) is -1.39. The third-order valence-electron chi connectivity index (χ3n) is 10.9. The van der Waals surface area contributed by atoms with E-state index in [0.717, 1.165) is 12.8 Å². The van der Waals surface area contributed by atoms with Crippen molar-refractivity contribution >= 4 is 29.9 Å². The lowest BCUT2D eigenvalue weighted by Gasteiger charge is -2.33. The first kappa shape index (κ1) is 47.0. The quantitative estimate of drug-likeness (QED) is 0.0827. The molecule has 17 nitrogen and oxygen atoms in total. The lowest BCUT2D eigenvalue weighted by atomic mass is 10.0. The van der Waals surface area contributed by atoms with Crippen molar-refractivity contribution in [3.8, 4) is 0 Å². The average Bonchev–Trinajstić information content (AvgIpc) is 3.74. The van der Waals surface area contributed by atoms with Crippen LogP contribution in [0.2, 0.25) is 0 Å². The SMILES string of the molecule is CC(C)(CCNC(=O)CN1CCN(CC(=O)O)CCN(CC(=O)O)CCN(CC(=O)O)CC1)OCCC(C)(C)OCCNC(=O)OC[C@@H]1[C@@H]2CC/C=C/CC[C@@H]21. The second-order valence-electron chi connectivity index (χ2n) is 16.5. The molecule has 0 unspecified atom stereocenters. The van der Waals surface area contributed by atoms with Crippen LogP contribution in [0, 0.1) is 17.8 Å². The Morgan fingerprint density at radius 1 is 0.607 bits per heavy atom. The van der Waals surface area contributed by atoms with Crippen LogP contribution in [0.15, 0.2) is 12.2 Å². The van der Waals surface area contributed by atoms with Gasteiger partial charge in [0.1, 0.15) is 0 Å². The molecule has 17 heteroatoms. The average molecular weight is 797 g/mol. The number of ether oxygens (including phenoxy) is 3. The highest BCUT2D eigenvalue weighted by molar-refractivity contribution is 5.78. The van der Waals surface area contributed by atoms with Gasteiger partial charge in [0.25, 0.3) is 0 Å². The number of nitrogens with one attached hydrogen (secondary N) is 2. The van der Waals surface area contributed by atoms with Crippen molar-refractivity contribution < 1.29 is 53.5 Å². The Hall–Kier alpha value is -3.35. The largest absolute Gasteiger partial charge is 0.480 e. The van der Waals surface area contributed by atoms with Crippen molar-refractivity contribution in [1.82, 2.24) is 30.2 Å². The minimum Gasteiger partial charge on any atom is -0.480 e. The first-order chi connectivity index (χ1) is 26.5. The van der Waals surface area contributed by atoms with Crippen LogP contribution in [0.5, 0.6) is 0 Å². The van der Waals surface area contributed by atoms with Crippen molar-refractivity contribution in [2.24, 2.45) is 17.8 Å². The molecule has 320 valence electrons. The highest BCUT2D eigenvalue weighted by Gasteiger charge is 2.49. The van der Waals surface area contributed by atoms with E-state index in [-0.39, 0.29) is 32.1 Å². The van der Waals surface area contributed by atoms with Gasteiger partial charge in [-0.15, -0.1) is 0 Å². The fourth-order valence-electron chi connectivity index (χ4n) is 7.41. The van der Waals surface area contributed by atoms with E-state index < -0.39 is 35.2 Å². The molecule has 0 bridgehead atoms. The fraction of sp³-hybridized carbons (Fsp3) is 0.821. The number of amides is 2. The van der Waals surface area contributed by atoms with Crippen molar-refractivity contribution in [2.45, 2.75) is 77.4 Å². The van der Waals surface area contributed by atoms with Gasteiger partial charge < -0.3 is 40.2 Å². The minimum atomic E-state index is -1.02. The molecule has 1 aliphatic heterocycles. The second kappa shape index (κ2) is 23.8. The highest BCUT2D eigenvalue weighted by Crippen LogP contribution is 2.52. The maximum absolute atomic E-state index is 13.1. The molecular weight excluding hydrogens is 728 g/mol. The smallest absolute Gasteiger partial charge is 0.407 e. The molecule has 2 fully saturated rings. The zero-order valence-electron chi connectivity index (χ0n) is 34.0. The molecule has 56 heavy (non-hydrogen) atoms. The van der Waals surface area contributed by atoms with Crippen LogP contribution in [-0.4, -0.2) is 187 Å². The van der Waals surface area contributed by atoms with Gasteiger partial charge in [0.2, 0.25) is 5.91 Å². The number of allylic oxidation sites excluding steroid dienone is 2. The Labute approximate surface area is 332 Å². The number of hydrogen-bond donors (Lipinski definition) is 5. The molecule has 3 aliphatic rings. The molecule has 1 heterocycles. The number of hydrogen-bond acceptors (Lipinski definition) is 12. The third-order valence-corrected chi connectivity index (χ3v) is 10.9. The normalized spacial score (nSPS) is 23.0. The summed E-state index contributed by atoms with van der Waals surface area (Å²) in [7, 11) is 0. The van der Waals surface area contributed by atoms with Crippen LogP contribution in [0.1, 0.15) is 66.2 Å². The minimum absolute atomic E-state index is 0.0473. The molecule has 1 saturated heterocycles. The Bertz CT molecular complexity index is 1250. The maximum atomic E-state index is 13.1. The van der Waals surface area contributed by atoms with Gasteiger partial charge >= 0.3 is 24.0 Å².